The van der Waals surface area contributed by atoms with Gasteiger partial charge in [-0.25, -0.2) is 19.6 Å². The van der Waals surface area contributed by atoms with E-state index in [1.54, 1.807) is 24.2 Å². The highest BCUT2D eigenvalue weighted by Crippen LogP contribution is 2.35. The van der Waals surface area contributed by atoms with Crippen LogP contribution in [0.2, 0.25) is 0 Å². The molecule has 1 atom stereocenters. The number of hydrogen-bond donors (Lipinski definition) is 0. The van der Waals surface area contributed by atoms with Gasteiger partial charge >= 0.3 is 6.18 Å². The number of imidazole rings is 1. The topological polar surface area (TPSA) is 70.7 Å². The minimum absolute atomic E-state index is 0.0498. The van der Waals surface area contributed by atoms with Gasteiger partial charge in [0.15, 0.2) is 5.82 Å². The molecule has 170 valence electrons. The fraction of sp³-hybridized carbons (Fsp3) is 0.304. The fourth-order valence-electron chi connectivity index (χ4n) is 4.12. The van der Waals surface area contributed by atoms with Crippen LogP contribution >= 0.6 is 0 Å². The Morgan fingerprint density at radius 3 is 2.70 bits per heavy atom. The molecule has 10 heteroatoms. The van der Waals surface area contributed by atoms with Crippen LogP contribution in [0.3, 0.4) is 0 Å². The third-order valence-electron chi connectivity index (χ3n) is 5.80. The second-order valence-electron chi connectivity index (χ2n) is 8.03. The maximum atomic E-state index is 13.1. The molecule has 0 saturated carbocycles. The van der Waals surface area contributed by atoms with Crippen LogP contribution < -0.4 is 4.74 Å². The van der Waals surface area contributed by atoms with Crippen LogP contribution in [0.5, 0.6) is 5.88 Å². The number of methoxy groups -OCH3 is 1. The van der Waals surface area contributed by atoms with Gasteiger partial charge in [-0.15, -0.1) is 5.10 Å². The number of hydrogen-bond acceptors (Lipinski definition) is 5. The van der Waals surface area contributed by atoms with Crippen LogP contribution in [-0.2, 0) is 19.1 Å². The standard InChI is InChI=1S/C23H21F3N6O/c1-14-12-31(13-27-14)19-7-6-18(28-22(19)33-2)21-29-20-11-16(8-9-32(20)30-21)15-4-3-5-17(10-15)23(24,25)26/h3-7,10,12-13,16H,8-9,11H2,1-2H3. The quantitative estimate of drug-likeness (QED) is 0.451. The van der Waals surface area contributed by atoms with E-state index in [0.717, 1.165) is 23.3 Å². The lowest BCUT2D eigenvalue weighted by atomic mass is 9.89. The highest BCUT2D eigenvalue weighted by atomic mass is 19.4. The molecule has 1 aliphatic rings. The first-order valence-electron chi connectivity index (χ1n) is 10.5. The Labute approximate surface area is 187 Å². The van der Waals surface area contributed by atoms with E-state index < -0.39 is 11.7 Å². The van der Waals surface area contributed by atoms with Gasteiger partial charge in [0.2, 0.25) is 5.88 Å². The highest BCUT2D eigenvalue weighted by molar-refractivity contribution is 5.55. The van der Waals surface area contributed by atoms with E-state index in [9.17, 15) is 13.2 Å². The molecular formula is C23H21F3N6O. The number of rotatable bonds is 4. The fourth-order valence-corrected chi connectivity index (χ4v) is 4.12. The largest absolute Gasteiger partial charge is 0.479 e. The zero-order valence-corrected chi connectivity index (χ0v) is 18.0. The Morgan fingerprint density at radius 1 is 1.12 bits per heavy atom. The number of halogens is 3. The third kappa shape index (κ3) is 4.08. The molecule has 4 heterocycles. The molecule has 0 bridgehead atoms. The van der Waals surface area contributed by atoms with Crippen molar-refractivity contribution in [3.63, 3.8) is 0 Å². The second kappa shape index (κ2) is 8.02. The third-order valence-corrected chi connectivity index (χ3v) is 5.80. The smallest absolute Gasteiger partial charge is 0.416 e. The lowest BCUT2D eigenvalue weighted by molar-refractivity contribution is -0.137. The van der Waals surface area contributed by atoms with Crippen LogP contribution in [0.4, 0.5) is 13.2 Å². The van der Waals surface area contributed by atoms with E-state index in [4.69, 9.17) is 4.74 Å². The number of alkyl halides is 3. The summed E-state index contributed by atoms with van der Waals surface area (Å²) in [6, 6.07) is 9.23. The van der Waals surface area contributed by atoms with Gasteiger partial charge < -0.3 is 9.30 Å². The molecule has 4 aromatic rings. The predicted molar refractivity (Wildman–Crippen MR) is 114 cm³/mol. The zero-order valence-electron chi connectivity index (χ0n) is 18.0. The van der Waals surface area contributed by atoms with E-state index in [2.05, 4.69) is 20.1 Å². The summed E-state index contributed by atoms with van der Waals surface area (Å²) in [6.07, 6.45) is 0.408. The van der Waals surface area contributed by atoms with E-state index >= 15 is 0 Å². The van der Waals surface area contributed by atoms with Gasteiger partial charge in [0.05, 0.1) is 24.7 Å². The number of fused-ring (bicyclic) bond motifs is 1. The lowest BCUT2D eigenvalue weighted by Crippen LogP contribution is -2.19. The lowest BCUT2D eigenvalue weighted by Gasteiger charge is -2.23. The minimum Gasteiger partial charge on any atom is -0.479 e. The first-order chi connectivity index (χ1) is 15.8. The maximum Gasteiger partial charge on any atom is 0.416 e. The van der Waals surface area contributed by atoms with Gasteiger partial charge in [0.1, 0.15) is 17.2 Å². The van der Waals surface area contributed by atoms with Gasteiger partial charge in [-0.05, 0) is 43.0 Å². The van der Waals surface area contributed by atoms with Crippen LogP contribution in [0, 0.1) is 6.92 Å². The summed E-state index contributed by atoms with van der Waals surface area (Å²) in [4.78, 5) is 13.4. The molecular weight excluding hydrogens is 433 g/mol. The van der Waals surface area contributed by atoms with Crippen molar-refractivity contribution in [3.8, 4) is 23.1 Å². The zero-order chi connectivity index (χ0) is 23.2. The van der Waals surface area contributed by atoms with Crippen molar-refractivity contribution in [1.29, 1.82) is 0 Å². The molecule has 1 aliphatic heterocycles. The van der Waals surface area contributed by atoms with Crippen molar-refractivity contribution in [1.82, 2.24) is 29.3 Å². The first-order valence-corrected chi connectivity index (χ1v) is 10.5. The Balaban J connectivity index is 1.42. The van der Waals surface area contributed by atoms with Gasteiger partial charge in [-0.2, -0.15) is 13.2 Å². The normalized spacial score (nSPS) is 16.0. The van der Waals surface area contributed by atoms with Gasteiger partial charge in [0, 0.05) is 19.2 Å². The van der Waals surface area contributed by atoms with Crippen LogP contribution in [0.25, 0.3) is 17.2 Å². The van der Waals surface area contributed by atoms with Crippen LogP contribution in [0.1, 0.15) is 35.0 Å². The minimum atomic E-state index is -4.36. The van der Waals surface area contributed by atoms with E-state index in [0.29, 0.717) is 42.3 Å². The molecule has 0 fully saturated rings. The molecule has 0 saturated heterocycles. The maximum absolute atomic E-state index is 13.1. The summed E-state index contributed by atoms with van der Waals surface area (Å²) in [5.74, 6) is 1.56. The summed E-state index contributed by atoms with van der Waals surface area (Å²) in [5.41, 5.74) is 2.22. The number of ether oxygens (including phenoxy) is 1. The molecule has 7 nitrogen and oxygen atoms in total. The van der Waals surface area contributed by atoms with Crippen molar-refractivity contribution in [2.45, 2.75) is 38.4 Å². The van der Waals surface area contributed by atoms with Crippen molar-refractivity contribution >= 4 is 0 Å². The van der Waals surface area contributed by atoms with E-state index in [1.165, 1.54) is 12.1 Å². The number of benzene rings is 1. The molecule has 3 aromatic heterocycles. The second-order valence-corrected chi connectivity index (χ2v) is 8.03. The molecule has 0 aliphatic carbocycles. The highest BCUT2D eigenvalue weighted by Gasteiger charge is 2.32. The van der Waals surface area contributed by atoms with Crippen molar-refractivity contribution < 1.29 is 17.9 Å². The Bertz CT molecular complexity index is 1310. The molecule has 5 rings (SSSR count). The SMILES string of the molecule is COc1nc(-c2nc3n(n2)CCC(c2cccc(C(F)(F)F)c2)C3)ccc1-n1cnc(C)c1. The Morgan fingerprint density at radius 2 is 1.97 bits per heavy atom. The van der Waals surface area contributed by atoms with Gasteiger partial charge in [0.25, 0.3) is 0 Å². The van der Waals surface area contributed by atoms with Crippen molar-refractivity contribution in [2.75, 3.05) is 7.11 Å². The molecule has 1 aromatic carbocycles. The molecule has 0 amide bonds. The predicted octanol–water partition coefficient (Wildman–Crippen LogP) is 4.59. The molecule has 0 N–H and O–H groups in total. The van der Waals surface area contributed by atoms with Gasteiger partial charge in [-0.1, -0.05) is 18.2 Å². The van der Waals surface area contributed by atoms with Crippen molar-refractivity contribution in [2.24, 2.45) is 0 Å². The average molecular weight is 454 g/mol. The summed E-state index contributed by atoms with van der Waals surface area (Å²) < 4.78 is 48.5. The number of pyridine rings is 1. The van der Waals surface area contributed by atoms with Crippen molar-refractivity contribution in [3.05, 3.63) is 71.6 Å². The Kier molecular flexibility index (Phi) is 5.15. The van der Waals surface area contributed by atoms with E-state index in [-0.39, 0.29) is 5.92 Å². The molecule has 33 heavy (non-hydrogen) atoms. The monoisotopic (exact) mass is 454 g/mol. The number of aromatic nitrogens is 6. The molecule has 1 unspecified atom stereocenters. The summed E-state index contributed by atoms with van der Waals surface area (Å²) in [6.45, 7) is 2.48. The summed E-state index contributed by atoms with van der Waals surface area (Å²) in [7, 11) is 1.55. The summed E-state index contributed by atoms with van der Waals surface area (Å²) >= 11 is 0. The van der Waals surface area contributed by atoms with Gasteiger partial charge in [-0.3, -0.25) is 0 Å². The average Bonchev–Trinajstić information content (AvgIpc) is 3.43. The van der Waals surface area contributed by atoms with E-state index in [1.807, 2.05) is 29.8 Å². The number of nitrogens with zero attached hydrogens (tertiary/aromatic N) is 6. The number of aryl methyl sites for hydroxylation is 2. The molecule has 0 radical (unpaired) electrons. The van der Waals surface area contributed by atoms with Crippen LogP contribution in [0.15, 0.2) is 48.9 Å². The first kappa shape index (κ1) is 21.2. The Hall–Kier alpha value is -3.69. The van der Waals surface area contributed by atoms with Crippen LogP contribution in [-0.4, -0.2) is 36.4 Å². The summed E-state index contributed by atoms with van der Waals surface area (Å²) in [5, 5.41) is 4.58. The molecule has 0 spiro atoms.